The first kappa shape index (κ1) is 26.7. The number of nitrogens with one attached hydrogen (secondary N) is 2. The summed E-state index contributed by atoms with van der Waals surface area (Å²) < 4.78 is 16.0. The van der Waals surface area contributed by atoms with E-state index in [1.807, 2.05) is 0 Å². The van der Waals surface area contributed by atoms with Crippen molar-refractivity contribution in [3.05, 3.63) is 59.7 Å². The highest BCUT2D eigenvalue weighted by molar-refractivity contribution is 8.01. The summed E-state index contributed by atoms with van der Waals surface area (Å²) in [5.74, 6) is -0.0278. The minimum absolute atomic E-state index is 0.0406. The van der Waals surface area contributed by atoms with Gasteiger partial charge in [0.2, 0.25) is 16.9 Å². The fourth-order valence-electron chi connectivity index (χ4n) is 2.89. The number of amides is 2. The summed E-state index contributed by atoms with van der Waals surface area (Å²) in [5, 5.41) is 13.6. The van der Waals surface area contributed by atoms with Gasteiger partial charge in [0, 0.05) is 6.08 Å². The van der Waals surface area contributed by atoms with Gasteiger partial charge in [0.15, 0.2) is 15.8 Å². The van der Waals surface area contributed by atoms with Crippen LogP contribution in [-0.4, -0.2) is 54.6 Å². The number of carbonyl (C=O) groups excluding carboxylic acids is 3. The summed E-state index contributed by atoms with van der Waals surface area (Å²) in [4.78, 5) is 36.7. The van der Waals surface area contributed by atoms with E-state index in [1.54, 1.807) is 62.6 Å². The maximum atomic E-state index is 12.4. The lowest BCUT2D eigenvalue weighted by Gasteiger charge is -2.09. The highest BCUT2D eigenvalue weighted by Gasteiger charge is 2.15. The van der Waals surface area contributed by atoms with Crippen molar-refractivity contribution in [3.8, 4) is 11.5 Å². The van der Waals surface area contributed by atoms with E-state index in [2.05, 4.69) is 20.8 Å². The number of ether oxygens (including phenoxy) is 3. The molecule has 2 aromatic carbocycles. The number of methoxy groups -OCH3 is 2. The van der Waals surface area contributed by atoms with Crippen molar-refractivity contribution < 1.29 is 28.6 Å². The maximum Gasteiger partial charge on any atom is 0.340 e. The van der Waals surface area contributed by atoms with Gasteiger partial charge < -0.3 is 19.5 Å². The minimum Gasteiger partial charge on any atom is -0.493 e. The molecule has 2 N–H and O–H groups in total. The zero-order valence-electron chi connectivity index (χ0n) is 19.8. The largest absolute Gasteiger partial charge is 0.493 e. The average Bonchev–Trinajstić information content (AvgIpc) is 3.33. The van der Waals surface area contributed by atoms with Crippen molar-refractivity contribution in [1.29, 1.82) is 0 Å². The zero-order chi connectivity index (χ0) is 25.9. The number of anilines is 2. The predicted octanol–water partition coefficient (Wildman–Crippen LogP) is 4.11. The van der Waals surface area contributed by atoms with Crippen molar-refractivity contribution in [2.75, 3.05) is 37.2 Å². The van der Waals surface area contributed by atoms with E-state index in [0.29, 0.717) is 26.7 Å². The molecule has 0 fully saturated rings. The van der Waals surface area contributed by atoms with Crippen LogP contribution in [0.4, 0.5) is 10.8 Å². The Kier molecular flexibility index (Phi) is 9.83. The number of rotatable bonds is 11. The fraction of sp³-hybridized carbons (Fsp3) is 0.208. The number of benzene rings is 2. The number of para-hydroxylation sites is 1. The van der Waals surface area contributed by atoms with Crippen LogP contribution in [0.1, 0.15) is 22.8 Å². The molecule has 0 aliphatic heterocycles. The Hall–Kier alpha value is -3.90. The lowest BCUT2D eigenvalue weighted by molar-refractivity contribution is -0.114. The van der Waals surface area contributed by atoms with E-state index in [4.69, 9.17) is 14.2 Å². The molecule has 0 spiro atoms. The van der Waals surface area contributed by atoms with Gasteiger partial charge in [0.1, 0.15) is 0 Å². The second-order valence-electron chi connectivity index (χ2n) is 6.91. The van der Waals surface area contributed by atoms with Gasteiger partial charge in [0.05, 0.1) is 37.8 Å². The zero-order valence-corrected chi connectivity index (χ0v) is 21.4. The van der Waals surface area contributed by atoms with Gasteiger partial charge in [-0.1, -0.05) is 41.3 Å². The highest BCUT2D eigenvalue weighted by Crippen LogP contribution is 2.28. The average molecular weight is 529 g/mol. The van der Waals surface area contributed by atoms with Crippen LogP contribution in [0.25, 0.3) is 6.08 Å². The smallest absolute Gasteiger partial charge is 0.340 e. The van der Waals surface area contributed by atoms with Gasteiger partial charge in [-0.3, -0.25) is 14.9 Å². The van der Waals surface area contributed by atoms with Crippen molar-refractivity contribution in [2.24, 2.45) is 0 Å². The summed E-state index contributed by atoms with van der Waals surface area (Å²) in [5.41, 5.74) is 1.40. The molecule has 188 valence electrons. The van der Waals surface area contributed by atoms with Crippen molar-refractivity contribution >= 4 is 57.8 Å². The molecule has 1 heterocycles. The first-order chi connectivity index (χ1) is 17.4. The summed E-state index contributed by atoms with van der Waals surface area (Å²) >= 11 is 2.30. The van der Waals surface area contributed by atoms with E-state index in [1.165, 1.54) is 13.2 Å². The van der Waals surface area contributed by atoms with Gasteiger partial charge in [-0.2, -0.15) is 0 Å². The summed E-state index contributed by atoms with van der Waals surface area (Å²) in [6, 6.07) is 11.9. The Morgan fingerprint density at radius 1 is 1.03 bits per heavy atom. The lowest BCUT2D eigenvalue weighted by Crippen LogP contribution is -2.17. The van der Waals surface area contributed by atoms with Gasteiger partial charge >= 0.3 is 5.97 Å². The third-order valence-electron chi connectivity index (χ3n) is 4.49. The predicted molar refractivity (Wildman–Crippen MR) is 139 cm³/mol. The third-order valence-corrected chi connectivity index (χ3v) is 6.47. The van der Waals surface area contributed by atoms with Crippen molar-refractivity contribution in [2.45, 2.75) is 11.3 Å². The third kappa shape index (κ3) is 7.55. The number of nitrogens with zero attached hydrogens (tertiary/aromatic N) is 2. The normalized spacial score (nSPS) is 10.6. The molecule has 0 unspecified atom stereocenters. The van der Waals surface area contributed by atoms with Crippen molar-refractivity contribution in [3.63, 3.8) is 0 Å². The molecule has 3 rings (SSSR count). The maximum absolute atomic E-state index is 12.4. The van der Waals surface area contributed by atoms with Gasteiger partial charge in [-0.05, 0) is 42.8 Å². The molecule has 12 heteroatoms. The molecule has 0 atom stereocenters. The quantitative estimate of drug-likeness (QED) is 0.163. The topological polar surface area (TPSA) is 129 Å². The molecule has 0 saturated carbocycles. The molecule has 0 saturated heterocycles. The fourth-order valence-corrected chi connectivity index (χ4v) is 4.44. The van der Waals surface area contributed by atoms with Crippen LogP contribution in [-0.2, 0) is 14.3 Å². The monoisotopic (exact) mass is 528 g/mol. The molecular formula is C24H24N4O6S2. The SMILES string of the molecule is CCOC(=O)c1ccccc1NC(=O)CSc1nnc(NC(=O)/C=C/c2ccc(OC)c(OC)c2)s1. The Morgan fingerprint density at radius 3 is 2.56 bits per heavy atom. The molecule has 3 aromatic rings. The van der Waals surface area contributed by atoms with E-state index < -0.39 is 5.97 Å². The molecule has 36 heavy (non-hydrogen) atoms. The van der Waals surface area contributed by atoms with Crippen LogP contribution in [0.15, 0.2) is 52.9 Å². The molecule has 0 bridgehead atoms. The van der Waals surface area contributed by atoms with Crippen LogP contribution in [0, 0.1) is 0 Å². The molecule has 1 aromatic heterocycles. The Bertz CT molecular complexity index is 1260. The van der Waals surface area contributed by atoms with Crippen LogP contribution >= 0.6 is 23.1 Å². The Morgan fingerprint density at radius 2 is 1.81 bits per heavy atom. The molecule has 10 nitrogen and oxygen atoms in total. The molecular weight excluding hydrogens is 504 g/mol. The summed E-state index contributed by atoms with van der Waals surface area (Å²) in [6.45, 7) is 1.95. The summed E-state index contributed by atoms with van der Waals surface area (Å²) in [7, 11) is 3.09. The Balaban J connectivity index is 1.51. The Labute approximate surface area is 216 Å². The minimum atomic E-state index is -0.509. The second kappa shape index (κ2) is 13.3. The molecule has 0 aliphatic rings. The van der Waals surface area contributed by atoms with Crippen LogP contribution in [0.3, 0.4) is 0 Å². The number of thioether (sulfide) groups is 1. The van der Waals surface area contributed by atoms with E-state index in [-0.39, 0.29) is 29.7 Å². The number of hydrogen-bond acceptors (Lipinski definition) is 10. The molecule has 2 amide bonds. The van der Waals surface area contributed by atoms with E-state index in [0.717, 1.165) is 28.7 Å². The number of aromatic nitrogens is 2. The van der Waals surface area contributed by atoms with E-state index in [9.17, 15) is 14.4 Å². The number of carbonyl (C=O) groups is 3. The van der Waals surface area contributed by atoms with Crippen LogP contribution < -0.4 is 20.1 Å². The number of esters is 1. The number of hydrogen-bond donors (Lipinski definition) is 2. The van der Waals surface area contributed by atoms with Gasteiger partial charge in [0.25, 0.3) is 0 Å². The first-order valence-corrected chi connectivity index (χ1v) is 12.5. The van der Waals surface area contributed by atoms with E-state index >= 15 is 0 Å². The first-order valence-electron chi connectivity index (χ1n) is 10.7. The van der Waals surface area contributed by atoms with Crippen LogP contribution in [0.5, 0.6) is 11.5 Å². The van der Waals surface area contributed by atoms with Gasteiger partial charge in [-0.25, -0.2) is 4.79 Å². The molecule has 0 radical (unpaired) electrons. The van der Waals surface area contributed by atoms with Crippen LogP contribution in [0.2, 0.25) is 0 Å². The summed E-state index contributed by atoms with van der Waals surface area (Å²) in [6.07, 6.45) is 3.00. The standard InChI is InChI=1S/C24H24N4O6S2/c1-4-34-22(31)16-7-5-6-8-17(16)25-21(30)14-35-24-28-27-23(36-24)26-20(29)12-10-15-9-11-18(32-2)19(13-15)33-3/h5-13H,4,14H2,1-3H3,(H,25,30)(H,26,27,29)/b12-10+. The lowest BCUT2D eigenvalue weighted by atomic mass is 10.2. The van der Waals surface area contributed by atoms with Gasteiger partial charge in [-0.15, -0.1) is 10.2 Å². The van der Waals surface area contributed by atoms with Crippen molar-refractivity contribution in [1.82, 2.24) is 10.2 Å². The molecule has 0 aliphatic carbocycles. The highest BCUT2D eigenvalue weighted by atomic mass is 32.2. The second-order valence-corrected chi connectivity index (χ2v) is 9.11.